The Kier molecular flexibility index (Phi) is 3.35. The molecule has 2 bridgehead atoms. The summed E-state index contributed by atoms with van der Waals surface area (Å²) < 4.78 is 17.0. The van der Waals surface area contributed by atoms with Crippen molar-refractivity contribution in [3.8, 4) is 0 Å². The molecule has 3 fully saturated rings. The number of fused-ring (bicyclic) bond motifs is 2. The van der Waals surface area contributed by atoms with E-state index in [-0.39, 0.29) is 6.61 Å². The number of carbonyl (C=O) groups excluding carboxylic acids is 2. The molecule has 1 saturated carbocycles. The zero-order valence-corrected chi connectivity index (χ0v) is 14.3. The molecule has 2 aliphatic heterocycles. The third kappa shape index (κ3) is 1.65. The molecule has 0 aromatic carbocycles. The first-order valence-electron chi connectivity index (χ1n) is 8.33. The molecule has 0 aromatic heterocycles. The Hall–Kier alpha value is -1.32. The van der Waals surface area contributed by atoms with Crippen LogP contribution in [0.4, 0.5) is 0 Å². The van der Waals surface area contributed by atoms with E-state index in [1.54, 1.807) is 19.9 Å². The Morgan fingerprint density at radius 3 is 2.60 bits per heavy atom. The van der Waals surface area contributed by atoms with E-state index >= 15 is 0 Å². The Bertz CT molecular complexity index is 682. The highest BCUT2D eigenvalue weighted by Gasteiger charge is 2.87. The highest BCUT2D eigenvalue weighted by Crippen LogP contribution is 2.71. The topological polar surface area (TPSA) is 126 Å². The lowest BCUT2D eigenvalue weighted by atomic mass is 9.50. The Balaban J connectivity index is 1.92. The highest BCUT2D eigenvalue weighted by molar-refractivity contribution is 6.00. The van der Waals surface area contributed by atoms with E-state index in [0.717, 1.165) is 0 Å². The molecule has 2 aliphatic carbocycles. The summed E-state index contributed by atoms with van der Waals surface area (Å²) in [4.78, 5) is 24.0. The summed E-state index contributed by atoms with van der Waals surface area (Å²) in [6.45, 7) is 4.10. The van der Waals surface area contributed by atoms with Crippen LogP contribution in [0.5, 0.6) is 0 Å². The van der Waals surface area contributed by atoms with Crippen LogP contribution in [-0.2, 0) is 23.8 Å². The van der Waals surface area contributed by atoms with Crippen molar-refractivity contribution >= 4 is 11.8 Å². The third-order valence-corrected chi connectivity index (χ3v) is 6.85. The Labute approximate surface area is 144 Å². The molecule has 8 heteroatoms. The number of rotatable bonds is 2. The number of hydrogen-bond acceptors (Lipinski definition) is 8. The number of carbonyl (C=O) groups is 2. The summed E-state index contributed by atoms with van der Waals surface area (Å²) in [5, 5.41) is 32.2. The van der Waals surface area contributed by atoms with Crippen molar-refractivity contribution < 1.29 is 39.1 Å². The second kappa shape index (κ2) is 4.89. The zero-order valence-electron chi connectivity index (χ0n) is 14.3. The molecular formula is C17H22O8. The molecular weight excluding hydrogens is 332 g/mol. The van der Waals surface area contributed by atoms with Gasteiger partial charge >= 0.3 is 5.97 Å². The van der Waals surface area contributed by atoms with Gasteiger partial charge in [-0.3, -0.25) is 9.59 Å². The first kappa shape index (κ1) is 17.1. The molecule has 8 atom stereocenters. The zero-order chi connectivity index (χ0) is 18.4. The van der Waals surface area contributed by atoms with Crippen molar-refractivity contribution in [1.29, 1.82) is 0 Å². The summed E-state index contributed by atoms with van der Waals surface area (Å²) in [5.74, 6) is -1.10. The van der Waals surface area contributed by atoms with Crippen LogP contribution in [0.3, 0.4) is 0 Å². The number of epoxide rings is 1. The molecule has 2 saturated heterocycles. The molecule has 0 amide bonds. The largest absolute Gasteiger partial charge is 0.457 e. The molecule has 4 aliphatic rings. The number of esters is 1. The summed E-state index contributed by atoms with van der Waals surface area (Å²) >= 11 is 0. The van der Waals surface area contributed by atoms with Crippen molar-refractivity contribution in [2.24, 2.45) is 10.8 Å². The van der Waals surface area contributed by atoms with Crippen LogP contribution in [0.1, 0.15) is 20.8 Å². The van der Waals surface area contributed by atoms with E-state index in [1.165, 1.54) is 6.92 Å². The van der Waals surface area contributed by atoms with Gasteiger partial charge in [-0.05, 0) is 18.6 Å². The maximum atomic E-state index is 12.5. The normalized spacial score (nSPS) is 53.4. The molecule has 2 heterocycles. The lowest BCUT2D eigenvalue weighted by molar-refractivity contribution is -0.253. The first-order chi connectivity index (χ1) is 11.7. The van der Waals surface area contributed by atoms with Crippen molar-refractivity contribution in [1.82, 2.24) is 0 Å². The van der Waals surface area contributed by atoms with Crippen molar-refractivity contribution in [2.45, 2.75) is 56.9 Å². The standard InChI is InChI=1S/C17H22O8/c1-7-4-9-16(5-18,12(21)10(7)20)15(3)13(22)11(24-8(2)19)14(25-9)17(15)6-23-17/h4,9,11-14,18,21-22H,5-6H2,1-3H3/t9-,11-,12-,13-,14-,15-,16-,17+/m1/s1. The predicted octanol–water partition coefficient (Wildman–Crippen LogP) is -1.30. The van der Waals surface area contributed by atoms with Crippen LogP contribution in [0.2, 0.25) is 0 Å². The molecule has 8 nitrogen and oxygen atoms in total. The fourth-order valence-electron chi connectivity index (χ4n) is 5.32. The lowest BCUT2D eigenvalue weighted by Gasteiger charge is -2.58. The van der Waals surface area contributed by atoms with Gasteiger partial charge in [-0.1, -0.05) is 6.92 Å². The van der Waals surface area contributed by atoms with Gasteiger partial charge in [0.1, 0.15) is 23.9 Å². The summed E-state index contributed by atoms with van der Waals surface area (Å²) in [6.07, 6.45) is -3.83. The smallest absolute Gasteiger partial charge is 0.303 e. The van der Waals surface area contributed by atoms with Crippen LogP contribution in [0.25, 0.3) is 0 Å². The maximum Gasteiger partial charge on any atom is 0.303 e. The molecule has 1 spiro atoms. The van der Waals surface area contributed by atoms with Crippen molar-refractivity contribution in [3.63, 3.8) is 0 Å². The molecule has 4 rings (SSSR count). The fourth-order valence-corrected chi connectivity index (χ4v) is 5.32. The number of aliphatic hydroxyl groups is 3. The van der Waals surface area contributed by atoms with Crippen molar-refractivity contribution in [3.05, 3.63) is 11.6 Å². The van der Waals surface area contributed by atoms with Gasteiger partial charge in [0.2, 0.25) is 0 Å². The number of hydrogen-bond donors (Lipinski definition) is 3. The summed E-state index contributed by atoms with van der Waals surface area (Å²) in [7, 11) is 0. The second-order valence-corrected chi connectivity index (χ2v) is 7.69. The molecule has 3 N–H and O–H groups in total. The Morgan fingerprint density at radius 1 is 1.44 bits per heavy atom. The number of aliphatic hydroxyl groups excluding tert-OH is 3. The monoisotopic (exact) mass is 354 g/mol. The number of ether oxygens (including phenoxy) is 3. The van der Waals surface area contributed by atoms with E-state index in [9.17, 15) is 24.9 Å². The van der Waals surface area contributed by atoms with E-state index in [4.69, 9.17) is 14.2 Å². The predicted molar refractivity (Wildman–Crippen MR) is 81.3 cm³/mol. The molecule has 25 heavy (non-hydrogen) atoms. The van der Waals surface area contributed by atoms with Gasteiger partial charge < -0.3 is 29.5 Å². The quantitative estimate of drug-likeness (QED) is 0.413. The van der Waals surface area contributed by atoms with Crippen LogP contribution in [-0.4, -0.2) is 76.4 Å². The van der Waals surface area contributed by atoms with Gasteiger partial charge in [-0.2, -0.15) is 0 Å². The van der Waals surface area contributed by atoms with Crippen LogP contribution >= 0.6 is 0 Å². The minimum absolute atomic E-state index is 0.223. The third-order valence-electron chi connectivity index (χ3n) is 6.85. The minimum Gasteiger partial charge on any atom is -0.457 e. The van der Waals surface area contributed by atoms with Gasteiger partial charge in [0.15, 0.2) is 11.9 Å². The van der Waals surface area contributed by atoms with E-state index < -0.39 is 65.3 Å². The van der Waals surface area contributed by atoms with Gasteiger partial charge in [0, 0.05) is 12.3 Å². The number of ketones is 1. The second-order valence-electron chi connectivity index (χ2n) is 7.69. The Morgan fingerprint density at radius 2 is 2.08 bits per heavy atom. The van der Waals surface area contributed by atoms with Crippen LogP contribution in [0.15, 0.2) is 11.6 Å². The molecule has 0 radical (unpaired) electrons. The van der Waals surface area contributed by atoms with Crippen LogP contribution < -0.4 is 0 Å². The van der Waals surface area contributed by atoms with E-state index in [1.807, 2.05) is 0 Å². The lowest BCUT2D eigenvalue weighted by Crippen LogP contribution is -2.72. The summed E-state index contributed by atoms with van der Waals surface area (Å²) in [6, 6.07) is 0. The molecule has 0 unspecified atom stereocenters. The van der Waals surface area contributed by atoms with E-state index in [0.29, 0.717) is 5.57 Å². The van der Waals surface area contributed by atoms with Crippen molar-refractivity contribution in [2.75, 3.05) is 13.2 Å². The van der Waals surface area contributed by atoms with E-state index in [2.05, 4.69) is 0 Å². The minimum atomic E-state index is -1.56. The first-order valence-corrected chi connectivity index (χ1v) is 8.33. The number of Topliss-reactive ketones (excluding diaryl/α,β-unsaturated/α-hetero) is 1. The SMILES string of the molecule is CC(=O)O[C@@H]1[C@@H](O)[C@]2(C)[C@@]3(CO)[C@H](O)C(=O)C(C)=C[C@H]3O[C@H]1[C@@]21CO1. The maximum absolute atomic E-state index is 12.5. The summed E-state index contributed by atoms with van der Waals surface area (Å²) in [5.41, 5.74) is -3.43. The van der Waals surface area contributed by atoms with Crippen LogP contribution in [0, 0.1) is 10.8 Å². The average molecular weight is 354 g/mol. The highest BCUT2D eigenvalue weighted by atomic mass is 16.7. The van der Waals surface area contributed by atoms with Gasteiger partial charge in [-0.15, -0.1) is 0 Å². The van der Waals surface area contributed by atoms with Gasteiger partial charge in [0.25, 0.3) is 0 Å². The molecule has 138 valence electrons. The molecule has 0 aromatic rings. The fraction of sp³-hybridized carbons (Fsp3) is 0.765. The van der Waals surface area contributed by atoms with Gasteiger partial charge in [0.05, 0.1) is 24.7 Å². The average Bonchev–Trinajstić information content (AvgIpc) is 3.33. The van der Waals surface area contributed by atoms with Gasteiger partial charge in [-0.25, -0.2) is 0 Å².